The fourth-order valence-corrected chi connectivity index (χ4v) is 1.94. The van der Waals surface area contributed by atoms with E-state index in [2.05, 4.69) is 10.4 Å². The van der Waals surface area contributed by atoms with Crippen LogP contribution in [0.3, 0.4) is 0 Å². The number of aromatic nitrogens is 2. The fourth-order valence-electron chi connectivity index (χ4n) is 1.72. The smallest absolute Gasteiger partial charge is 0.275 e. The zero-order valence-electron chi connectivity index (χ0n) is 10.3. The maximum absolute atomic E-state index is 12.2. The van der Waals surface area contributed by atoms with Gasteiger partial charge in [-0.2, -0.15) is 5.10 Å². The van der Waals surface area contributed by atoms with Gasteiger partial charge in [-0.15, -0.1) is 0 Å². The van der Waals surface area contributed by atoms with Crippen molar-refractivity contribution in [1.29, 1.82) is 0 Å². The van der Waals surface area contributed by atoms with Gasteiger partial charge < -0.3 is 5.32 Å². The molecule has 1 heterocycles. The van der Waals surface area contributed by atoms with Crippen LogP contribution >= 0.6 is 11.6 Å². The van der Waals surface area contributed by atoms with Crippen LogP contribution in [0.5, 0.6) is 0 Å². The molecule has 5 heteroatoms. The van der Waals surface area contributed by atoms with E-state index in [0.29, 0.717) is 23.0 Å². The molecule has 4 nitrogen and oxygen atoms in total. The number of hydrogen-bond donors (Lipinski definition) is 1. The third-order valence-corrected chi connectivity index (χ3v) is 3.05. The summed E-state index contributed by atoms with van der Waals surface area (Å²) < 4.78 is 1.61. The molecule has 0 saturated heterocycles. The molecule has 1 aromatic heterocycles. The molecule has 1 aromatic carbocycles. The van der Waals surface area contributed by atoms with Gasteiger partial charge in [-0.05, 0) is 26.0 Å². The van der Waals surface area contributed by atoms with E-state index in [1.54, 1.807) is 11.6 Å². The highest BCUT2D eigenvalue weighted by atomic mass is 35.5. The third-order valence-electron chi connectivity index (χ3n) is 2.60. The van der Waals surface area contributed by atoms with Gasteiger partial charge in [0.05, 0.1) is 10.7 Å². The summed E-state index contributed by atoms with van der Waals surface area (Å²) in [7, 11) is 0. The van der Waals surface area contributed by atoms with Gasteiger partial charge >= 0.3 is 0 Å². The summed E-state index contributed by atoms with van der Waals surface area (Å²) in [4.78, 5) is 12.2. The van der Waals surface area contributed by atoms with Crippen LogP contribution in [0.4, 0.5) is 5.69 Å². The monoisotopic (exact) mass is 263 g/mol. The average Bonchev–Trinajstić information content (AvgIpc) is 2.66. The molecule has 0 bridgehead atoms. The Kier molecular flexibility index (Phi) is 3.67. The van der Waals surface area contributed by atoms with Gasteiger partial charge in [0, 0.05) is 12.2 Å². The van der Waals surface area contributed by atoms with Crippen molar-refractivity contribution in [1.82, 2.24) is 9.78 Å². The van der Waals surface area contributed by atoms with Crippen LogP contribution in [0.25, 0.3) is 0 Å². The Bertz CT molecular complexity index is 563. The van der Waals surface area contributed by atoms with Crippen LogP contribution in [0, 0.1) is 6.92 Å². The summed E-state index contributed by atoms with van der Waals surface area (Å²) in [6.07, 6.45) is 0. The highest BCUT2D eigenvalue weighted by Crippen LogP contribution is 2.21. The summed E-state index contributed by atoms with van der Waals surface area (Å²) in [5, 5.41) is 7.43. The molecule has 18 heavy (non-hydrogen) atoms. The Morgan fingerprint density at radius 2 is 2.06 bits per heavy atom. The van der Waals surface area contributed by atoms with Crippen LogP contribution in [-0.4, -0.2) is 15.7 Å². The van der Waals surface area contributed by atoms with Crippen LogP contribution in [-0.2, 0) is 6.54 Å². The minimum absolute atomic E-state index is 0.242. The SMILES string of the molecule is CCn1nc(C)c(Cl)c1C(=O)Nc1ccccc1. The van der Waals surface area contributed by atoms with Crippen molar-refractivity contribution < 1.29 is 4.79 Å². The number of nitrogens with zero attached hydrogens (tertiary/aromatic N) is 2. The Hall–Kier alpha value is -1.81. The normalized spacial score (nSPS) is 10.4. The number of carbonyl (C=O) groups is 1. The molecule has 1 amide bonds. The second-order valence-electron chi connectivity index (χ2n) is 3.88. The first kappa shape index (κ1) is 12.6. The van der Waals surface area contributed by atoms with Gasteiger partial charge in [0.15, 0.2) is 0 Å². The molecule has 0 atom stereocenters. The number of benzene rings is 1. The molecule has 0 unspecified atom stereocenters. The molecule has 94 valence electrons. The number of para-hydroxylation sites is 1. The summed E-state index contributed by atoms with van der Waals surface area (Å²) in [6.45, 7) is 4.31. The quantitative estimate of drug-likeness (QED) is 0.925. The van der Waals surface area contributed by atoms with E-state index in [4.69, 9.17) is 11.6 Å². The number of halogens is 1. The Morgan fingerprint density at radius 3 is 2.67 bits per heavy atom. The molecule has 0 spiro atoms. The number of nitrogens with one attached hydrogen (secondary N) is 1. The van der Waals surface area contributed by atoms with Crippen LogP contribution in [0.2, 0.25) is 5.02 Å². The standard InChI is InChI=1S/C13H14ClN3O/c1-3-17-12(11(14)9(2)16-17)13(18)15-10-7-5-4-6-8-10/h4-8H,3H2,1-2H3,(H,15,18). The first-order valence-electron chi connectivity index (χ1n) is 5.72. The fraction of sp³-hybridized carbons (Fsp3) is 0.231. The largest absolute Gasteiger partial charge is 0.321 e. The second-order valence-corrected chi connectivity index (χ2v) is 4.26. The molecule has 0 fully saturated rings. The number of hydrogen-bond acceptors (Lipinski definition) is 2. The first-order chi connectivity index (χ1) is 8.63. The lowest BCUT2D eigenvalue weighted by molar-refractivity contribution is 0.101. The number of aryl methyl sites for hydroxylation is 2. The molecular formula is C13H14ClN3O. The van der Waals surface area contributed by atoms with E-state index in [9.17, 15) is 4.79 Å². The number of carbonyl (C=O) groups excluding carboxylic acids is 1. The zero-order valence-corrected chi connectivity index (χ0v) is 11.0. The van der Waals surface area contributed by atoms with Gasteiger partial charge in [-0.1, -0.05) is 29.8 Å². The van der Waals surface area contributed by atoms with E-state index >= 15 is 0 Å². The lowest BCUT2D eigenvalue weighted by atomic mass is 10.3. The minimum atomic E-state index is -0.242. The van der Waals surface area contributed by atoms with Crippen LogP contribution < -0.4 is 5.32 Å². The summed E-state index contributed by atoms with van der Waals surface area (Å²) in [6, 6.07) is 9.26. The van der Waals surface area contributed by atoms with Crippen LogP contribution in [0.15, 0.2) is 30.3 Å². The molecule has 2 rings (SSSR count). The van der Waals surface area contributed by atoms with Crippen molar-refractivity contribution in [2.45, 2.75) is 20.4 Å². The summed E-state index contributed by atoms with van der Waals surface area (Å²) in [5.41, 5.74) is 1.80. The van der Waals surface area contributed by atoms with Crippen molar-refractivity contribution >= 4 is 23.2 Å². The number of rotatable bonds is 3. The van der Waals surface area contributed by atoms with Crippen molar-refractivity contribution in [2.75, 3.05) is 5.32 Å². The van der Waals surface area contributed by atoms with E-state index in [0.717, 1.165) is 5.69 Å². The van der Waals surface area contributed by atoms with Crippen molar-refractivity contribution in [2.24, 2.45) is 0 Å². The van der Waals surface area contributed by atoms with E-state index in [-0.39, 0.29) is 5.91 Å². The molecule has 0 saturated carbocycles. The van der Waals surface area contributed by atoms with Crippen molar-refractivity contribution in [3.8, 4) is 0 Å². The number of amides is 1. The third kappa shape index (κ3) is 2.38. The van der Waals surface area contributed by atoms with Crippen LogP contribution in [0.1, 0.15) is 23.1 Å². The molecule has 0 radical (unpaired) electrons. The Labute approximate surface area is 111 Å². The molecule has 0 aliphatic heterocycles. The summed E-state index contributed by atoms with van der Waals surface area (Å²) >= 11 is 6.11. The lowest BCUT2D eigenvalue weighted by Gasteiger charge is -2.06. The van der Waals surface area contributed by atoms with Gasteiger partial charge in [-0.3, -0.25) is 9.48 Å². The minimum Gasteiger partial charge on any atom is -0.321 e. The maximum atomic E-state index is 12.2. The van der Waals surface area contributed by atoms with E-state index in [1.165, 1.54) is 0 Å². The first-order valence-corrected chi connectivity index (χ1v) is 6.10. The topological polar surface area (TPSA) is 46.9 Å². The van der Waals surface area contributed by atoms with Gasteiger partial charge in [0.1, 0.15) is 5.69 Å². The Morgan fingerprint density at radius 1 is 1.39 bits per heavy atom. The highest BCUT2D eigenvalue weighted by Gasteiger charge is 2.19. The number of anilines is 1. The van der Waals surface area contributed by atoms with Gasteiger partial charge in [0.25, 0.3) is 5.91 Å². The Balaban J connectivity index is 2.29. The molecule has 0 aliphatic carbocycles. The van der Waals surface area contributed by atoms with E-state index in [1.807, 2.05) is 37.3 Å². The summed E-state index contributed by atoms with van der Waals surface area (Å²) in [5.74, 6) is -0.242. The molecule has 1 N–H and O–H groups in total. The highest BCUT2D eigenvalue weighted by molar-refractivity contribution is 6.34. The van der Waals surface area contributed by atoms with Gasteiger partial charge in [-0.25, -0.2) is 0 Å². The maximum Gasteiger partial charge on any atom is 0.275 e. The van der Waals surface area contributed by atoms with Crippen molar-refractivity contribution in [3.63, 3.8) is 0 Å². The molecule has 0 aliphatic rings. The molecule has 2 aromatic rings. The van der Waals surface area contributed by atoms with Crippen molar-refractivity contribution in [3.05, 3.63) is 46.7 Å². The average molecular weight is 264 g/mol. The zero-order chi connectivity index (χ0) is 13.1. The van der Waals surface area contributed by atoms with Gasteiger partial charge in [0.2, 0.25) is 0 Å². The predicted molar refractivity (Wildman–Crippen MR) is 72.0 cm³/mol. The lowest BCUT2D eigenvalue weighted by Crippen LogP contribution is -2.17. The van der Waals surface area contributed by atoms with E-state index < -0.39 is 0 Å². The second kappa shape index (κ2) is 5.23. The molecular weight excluding hydrogens is 250 g/mol. The predicted octanol–water partition coefficient (Wildman–Crippen LogP) is 3.12.